The molecule has 4 aromatic rings. The number of aliphatic hydroxyl groups is 1. The molecule has 4 atom stereocenters. The maximum absolute atomic E-state index is 15.2. The summed E-state index contributed by atoms with van der Waals surface area (Å²) in [4.78, 5) is 22.5. The third kappa shape index (κ3) is 4.97. The lowest BCUT2D eigenvalue weighted by Gasteiger charge is -2.36. The van der Waals surface area contributed by atoms with Crippen molar-refractivity contribution >= 4 is 11.4 Å². The molecule has 6 rings (SSSR count). The molecule has 208 valence electrons. The third-order valence-corrected chi connectivity index (χ3v) is 8.32. The first-order valence-corrected chi connectivity index (χ1v) is 13.7. The second-order valence-electron chi connectivity index (χ2n) is 11.1. The van der Waals surface area contributed by atoms with E-state index in [9.17, 15) is 9.90 Å². The first-order chi connectivity index (χ1) is 19.3. The van der Waals surface area contributed by atoms with Gasteiger partial charge in [0, 0.05) is 44.4 Å². The molecule has 2 fully saturated rings. The van der Waals surface area contributed by atoms with Crippen LogP contribution in [0.1, 0.15) is 61.0 Å². The van der Waals surface area contributed by atoms with Crippen LogP contribution in [0.5, 0.6) is 0 Å². The minimum atomic E-state index is -0.727. The number of fused-ring (bicyclic) bond motifs is 1. The molecular weight excluding hydrogens is 514 g/mol. The summed E-state index contributed by atoms with van der Waals surface area (Å²) in [6, 6.07) is 7.57. The van der Waals surface area contributed by atoms with Crippen LogP contribution in [0, 0.1) is 17.6 Å². The number of aromatic nitrogens is 4. The topological polar surface area (TPSA) is 110 Å². The Kier molecular flexibility index (Phi) is 7.06. The quantitative estimate of drug-likeness (QED) is 0.379. The Morgan fingerprint density at radius 1 is 1.12 bits per heavy atom. The van der Waals surface area contributed by atoms with Crippen LogP contribution in [0.25, 0.3) is 16.8 Å². The summed E-state index contributed by atoms with van der Waals surface area (Å²) in [6.07, 6.45) is 7.87. The predicted molar refractivity (Wildman–Crippen MR) is 145 cm³/mol. The van der Waals surface area contributed by atoms with E-state index in [0.717, 1.165) is 24.0 Å². The summed E-state index contributed by atoms with van der Waals surface area (Å²) in [6.45, 7) is 2.79. The van der Waals surface area contributed by atoms with E-state index >= 15 is 8.78 Å². The van der Waals surface area contributed by atoms with Crippen LogP contribution in [0.3, 0.4) is 0 Å². The lowest BCUT2D eigenvalue weighted by Crippen LogP contribution is -2.44. The van der Waals surface area contributed by atoms with E-state index in [1.54, 1.807) is 33.9 Å². The van der Waals surface area contributed by atoms with Crippen molar-refractivity contribution in [3.63, 3.8) is 0 Å². The van der Waals surface area contributed by atoms with Crippen molar-refractivity contribution in [3.05, 3.63) is 83.1 Å². The zero-order valence-electron chi connectivity index (χ0n) is 22.3. The van der Waals surface area contributed by atoms with Gasteiger partial charge in [0.15, 0.2) is 0 Å². The molecule has 3 aromatic heterocycles. The number of halogens is 2. The van der Waals surface area contributed by atoms with E-state index in [-0.39, 0.29) is 41.6 Å². The molecule has 3 N–H and O–H groups in total. The van der Waals surface area contributed by atoms with Crippen LogP contribution in [-0.2, 0) is 17.8 Å². The fraction of sp³-hybridized carbons (Fsp3) is 0.400. The van der Waals surface area contributed by atoms with Crippen molar-refractivity contribution in [1.29, 1.82) is 0 Å². The second kappa shape index (κ2) is 10.7. The molecule has 0 radical (unpaired) electrons. The highest BCUT2D eigenvalue weighted by Gasteiger charge is 2.34. The van der Waals surface area contributed by atoms with Gasteiger partial charge in [-0.05, 0) is 78.1 Å². The number of benzene rings is 1. The Hall–Kier alpha value is -3.76. The molecule has 1 amide bonds. The number of likely N-dealkylation sites (tertiary alicyclic amines) is 1. The van der Waals surface area contributed by atoms with Gasteiger partial charge < -0.3 is 15.7 Å². The molecule has 10 heteroatoms. The van der Waals surface area contributed by atoms with Gasteiger partial charge in [-0.1, -0.05) is 6.92 Å². The Balaban J connectivity index is 1.30. The van der Waals surface area contributed by atoms with Crippen LogP contribution in [0.2, 0.25) is 0 Å². The van der Waals surface area contributed by atoms with Gasteiger partial charge in [-0.25, -0.2) is 18.3 Å². The maximum atomic E-state index is 15.2. The molecule has 8 nitrogen and oxygen atoms in total. The Labute approximate surface area is 230 Å². The number of aliphatic hydroxyl groups excluding tert-OH is 1. The van der Waals surface area contributed by atoms with Gasteiger partial charge in [-0.2, -0.15) is 5.10 Å². The number of carbonyl (C=O) groups excluding carboxylic acids is 1. The van der Waals surface area contributed by atoms with Crippen LogP contribution < -0.4 is 5.73 Å². The molecule has 4 heterocycles. The first-order valence-electron chi connectivity index (χ1n) is 13.7. The second-order valence-corrected chi connectivity index (χ2v) is 11.1. The molecule has 0 unspecified atom stereocenters. The van der Waals surface area contributed by atoms with E-state index in [1.165, 1.54) is 12.1 Å². The molecular formula is C30H32F2N6O2. The predicted octanol–water partition coefficient (Wildman–Crippen LogP) is 3.98. The summed E-state index contributed by atoms with van der Waals surface area (Å²) < 4.78 is 32.1. The van der Waals surface area contributed by atoms with Gasteiger partial charge in [0.1, 0.15) is 17.5 Å². The monoisotopic (exact) mass is 546 g/mol. The Bertz CT molecular complexity index is 1540. The van der Waals surface area contributed by atoms with Crippen molar-refractivity contribution < 1.29 is 18.7 Å². The number of amides is 1. The average Bonchev–Trinajstić information content (AvgIpc) is 3.52. The van der Waals surface area contributed by atoms with Crippen molar-refractivity contribution in [1.82, 2.24) is 24.5 Å². The van der Waals surface area contributed by atoms with Gasteiger partial charge in [0.05, 0.1) is 29.1 Å². The van der Waals surface area contributed by atoms with Crippen molar-refractivity contribution in [2.24, 2.45) is 11.7 Å². The van der Waals surface area contributed by atoms with Crippen LogP contribution in [0.15, 0.2) is 48.9 Å². The van der Waals surface area contributed by atoms with E-state index in [4.69, 9.17) is 5.73 Å². The highest BCUT2D eigenvalue weighted by molar-refractivity contribution is 5.78. The lowest BCUT2D eigenvalue weighted by molar-refractivity contribution is -0.128. The van der Waals surface area contributed by atoms with E-state index in [0.29, 0.717) is 42.7 Å². The molecule has 1 aromatic carbocycles. The minimum absolute atomic E-state index is 0.000132. The molecule has 0 bridgehead atoms. The van der Waals surface area contributed by atoms with Gasteiger partial charge >= 0.3 is 0 Å². The highest BCUT2D eigenvalue weighted by Crippen LogP contribution is 2.37. The summed E-state index contributed by atoms with van der Waals surface area (Å²) in [5, 5.41) is 14.9. The van der Waals surface area contributed by atoms with Crippen molar-refractivity contribution in [2.75, 3.05) is 6.54 Å². The highest BCUT2D eigenvalue weighted by atomic mass is 19.1. The van der Waals surface area contributed by atoms with E-state index < -0.39 is 17.7 Å². The van der Waals surface area contributed by atoms with Crippen LogP contribution in [0.4, 0.5) is 8.78 Å². The molecule has 1 saturated heterocycles. The van der Waals surface area contributed by atoms with Crippen LogP contribution >= 0.6 is 0 Å². The molecule has 1 aliphatic carbocycles. The van der Waals surface area contributed by atoms with Gasteiger partial charge in [-0.15, -0.1) is 0 Å². The molecule has 1 saturated carbocycles. The summed E-state index contributed by atoms with van der Waals surface area (Å²) >= 11 is 0. The van der Waals surface area contributed by atoms with Crippen LogP contribution in [-0.4, -0.2) is 54.2 Å². The fourth-order valence-corrected chi connectivity index (χ4v) is 6.22. The SMILES string of the molecule is C[C@H]1C[C@@H](c2ccncc2Cc2ncc3ccc(-c4c(F)cc(CN5CCCC5=O)cc4F)nn23)C[C@@H](N)[C@@H]1O. The number of nitrogens with two attached hydrogens (primary N) is 1. The molecule has 1 aliphatic heterocycles. The Morgan fingerprint density at radius 2 is 1.93 bits per heavy atom. The number of pyridine rings is 1. The third-order valence-electron chi connectivity index (χ3n) is 8.32. The Morgan fingerprint density at radius 3 is 2.65 bits per heavy atom. The number of carbonyl (C=O) groups is 1. The maximum Gasteiger partial charge on any atom is 0.222 e. The normalized spacial score (nSPS) is 23.3. The van der Waals surface area contributed by atoms with Gasteiger partial charge in [0.25, 0.3) is 0 Å². The van der Waals surface area contributed by atoms with Crippen molar-refractivity contribution in [3.8, 4) is 11.3 Å². The number of imidazole rings is 1. The number of hydrogen-bond acceptors (Lipinski definition) is 6. The van der Waals surface area contributed by atoms with Gasteiger partial charge in [-0.3, -0.25) is 9.78 Å². The van der Waals surface area contributed by atoms with Crippen molar-refractivity contribution in [2.45, 2.75) is 63.6 Å². The van der Waals surface area contributed by atoms with E-state index in [2.05, 4.69) is 15.1 Å². The number of nitrogens with zero attached hydrogens (tertiary/aromatic N) is 5. The summed E-state index contributed by atoms with van der Waals surface area (Å²) in [7, 11) is 0. The average molecular weight is 547 g/mol. The largest absolute Gasteiger partial charge is 0.391 e. The smallest absolute Gasteiger partial charge is 0.222 e. The first kappa shape index (κ1) is 26.5. The van der Waals surface area contributed by atoms with E-state index in [1.807, 2.05) is 19.2 Å². The lowest BCUT2D eigenvalue weighted by atomic mass is 9.74. The fourth-order valence-electron chi connectivity index (χ4n) is 6.22. The molecule has 40 heavy (non-hydrogen) atoms. The zero-order valence-corrected chi connectivity index (χ0v) is 22.3. The zero-order chi connectivity index (χ0) is 28.0. The standard InChI is InChI=1S/C30H32F2N6O2/c1-17-9-19(12-25(33)30(17)40)22-6-7-34-14-20(22)13-27-35-15-21-4-5-26(36-38(21)27)29-23(31)10-18(11-24(29)32)16-37-8-2-3-28(37)39/h4-7,10-11,14-15,17,19,25,30,40H,2-3,8-9,12-13,16,33H2,1H3/t17-,19+,25+,30+/m0/s1. The number of rotatable bonds is 6. The van der Waals surface area contributed by atoms with Gasteiger partial charge in [0.2, 0.25) is 5.91 Å². The summed E-state index contributed by atoms with van der Waals surface area (Å²) in [5.41, 5.74) is 9.37. The molecule has 0 spiro atoms. The molecule has 2 aliphatic rings. The summed E-state index contributed by atoms with van der Waals surface area (Å²) in [5.74, 6) is -0.578. The number of hydrogen-bond donors (Lipinski definition) is 2. The minimum Gasteiger partial charge on any atom is -0.391 e.